The van der Waals surface area contributed by atoms with Gasteiger partial charge in [-0.25, -0.2) is 0 Å². The second-order valence-electron chi connectivity index (χ2n) is 5.07. The molecule has 0 amide bonds. The van der Waals surface area contributed by atoms with Crippen LogP contribution >= 0.6 is 11.8 Å². The minimum absolute atomic E-state index is 0.250. The molecule has 0 radical (unpaired) electrons. The third-order valence-electron chi connectivity index (χ3n) is 2.74. The molecule has 1 N–H and O–H groups in total. The van der Waals surface area contributed by atoms with Crippen LogP contribution in [-0.2, 0) is 0 Å². The van der Waals surface area contributed by atoms with Crippen molar-refractivity contribution in [3.8, 4) is 0 Å². The van der Waals surface area contributed by atoms with E-state index in [-0.39, 0.29) is 5.54 Å². The van der Waals surface area contributed by atoms with E-state index in [1.54, 1.807) is 0 Å². The van der Waals surface area contributed by atoms with Gasteiger partial charge in [0, 0.05) is 17.8 Å². The summed E-state index contributed by atoms with van der Waals surface area (Å²) >= 11 is 1.86. The molecule has 2 nitrogen and oxygen atoms in total. The van der Waals surface area contributed by atoms with Gasteiger partial charge < -0.3 is 5.32 Å². The van der Waals surface area contributed by atoms with Crippen LogP contribution in [0.5, 0.6) is 0 Å². The van der Waals surface area contributed by atoms with Crippen LogP contribution in [-0.4, -0.2) is 23.0 Å². The molecule has 0 bridgehead atoms. The van der Waals surface area contributed by atoms with E-state index in [1.165, 1.54) is 25.7 Å². The van der Waals surface area contributed by atoms with Crippen molar-refractivity contribution in [2.45, 2.75) is 45.1 Å². The fourth-order valence-electron chi connectivity index (χ4n) is 1.66. The number of nitrogens with one attached hydrogen (secondary N) is 1. The van der Waals surface area contributed by atoms with Crippen LogP contribution < -0.4 is 5.32 Å². The largest absolute Gasteiger partial charge is 0.359 e. The van der Waals surface area contributed by atoms with Crippen LogP contribution in [0.15, 0.2) is 4.99 Å². The van der Waals surface area contributed by atoms with E-state index in [0.717, 1.165) is 23.4 Å². The molecule has 1 heterocycles. The quantitative estimate of drug-likeness (QED) is 0.725. The molecule has 0 aromatic rings. The minimum Gasteiger partial charge on any atom is -0.359 e. The molecule has 14 heavy (non-hydrogen) atoms. The molecule has 0 aromatic heterocycles. The lowest BCUT2D eigenvalue weighted by atomic mass is 10.1. The highest BCUT2D eigenvalue weighted by Crippen LogP contribution is 2.33. The second kappa shape index (κ2) is 4.13. The number of hydrogen-bond donors (Lipinski definition) is 1. The zero-order valence-electron chi connectivity index (χ0n) is 9.18. The maximum atomic E-state index is 4.59. The Morgan fingerprint density at radius 2 is 2.29 bits per heavy atom. The van der Waals surface area contributed by atoms with Gasteiger partial charge in [-0.15, -0.1) is 0 Å². The van der Waals surface area contributed by atoms with E-state index in [4.69, 9.17) is 0 Å². The second-order valence-corrected chi connectivity index (χ2v) is 6.03. The van der Waals surface area contributed by atoms with E-state index >= 15 is 0 Å². The fourth-order valence-corrected chi connectivity index (χ4v) is 2.76. The van der Waals surface area contributed by atoms with E-state index < -0.39 is 0 Å². The van der Waals surface area contributed by atoms with Gasteiger partial charge in [0.15, 0.2) is 5.17 Å². The van der Waals surface area contributed by atoms with E-state index in [1.807, 2.05) is 11.8 Å². The number of rotatable bonds is 4. The van der Waals surface area contributed by atoms with Gasteiger partial charge in [-0.1, -0.05) is 24.6 Å². The summed E-state index contributed by atoms with van der Waals surface area (Å²) in [6, 6.07) is 0. The summed E-state index contributed by atoms with van der Waals surface area (Å²) in [7, 11) is 0. The first-order valence-corrected chi connectivity index (χ1v) is 6.60. The first-order valence-electron chi connectivity index (χ1n) is 5.61. The minimum atomic E-state index is 0.250. The summed E-state index contributed by atoms with van der Waals surface area (Å²) in [4.78, 5) is 4.59. The number of hydrogen-bond acceptors (Lipinski definition) is 2. The van der Waals surface area contributed by atoms with Crippen molar-refractivity contribution in [3.63, 3.8) is 0 Å². The molecular weight excluding hydrogens is 192 g/mol. The first kappa shape index (κ1) is 10.3. The molecule has 80 valence electrons. The SMILES string of the molecule is CC1(C)CSC(=NCCCC2CC2)N1. The molecule has 2 aliphatic rings. The first-order chi connectivity index (χ1) is 6.66. The van der Waals surface area contributed by atoms with Gasteiger partial charge in [0.25, 0.3) is 0 Å². The van der Waals surface area contributed by atoms with Crippen LogP contribution in [0, 0.1) is 5.92 Å². The molecule has 0 spiro atoms. The molecule has 1 saturated carbocycles. The van der Waals surface area contributed by atoms with Gasteiger partial charge in [-0.2, -0.15) is 0 Å². The molecule has 1 saturated heterocycles. The standard InChI is InChI=1S/C11H20N2S/c1-11(2)8-14-10(13-11)12-7-3-4-9-5-6-9/h9H,3-8H2,1-2H3,(H,12,13). The topological polar surface area (TPSA) is 24.4 Å². The van der Waals surface area contributed by atoms with Crippen molar-refractivity contribution in [1.29, 1.82) is 0 Å². The molecule has 1 aliphatic heterocycles. The van der Waals surface area contributed by atoms with Gasteiger partial charge in [-0.05, 0) is 32.6 Å². The third-order valence-corrected chi connectivity index (χ3v) is 4.11. The van der Waals surface area contributed by atoms with Crippen molar-refractivity contribution in [3.05, 3.63) is 0 Å². The van der Waals surface area contributed by atoms with Gasteiger partial charge in [0.2, 0.25) is 0 Å². The Hall–Kier alpha value is -0.180. The molecule has 0 unspecified atom stereocenters. The van der Waals surface area contributed by atoms with Crippen molar-refractivity contribution < 1.29 is 0 Å². The smallest absolute Gasteiger partial charge is 0.157 e. The summed E-state index contributed by atoms with van der Waals surface area (Å²) in [6.45, 7) is 5.47. The molecule has 2 fully saturated rings. The average Bonchev–Trinajstić information content (AvgIpc) is 2.86. The molecule has 0 atom stereocenters. The predicted octanol–water partition coefficient (Wildman–Crippen LogP) is 2.65. The predicted molar refractivity (Wildman–Crippen MR) is 63.9 cm³/mol. The zero-order valence-corrected chi connectivity index (χ0v) is 9.99. The summed E-state index contributed by atoms with van der Waals surface area (Å²) in [5.74, 6) is 2.20. The monoisotopic (exact) mass is 212 g/mol. The van der Waals surface area contributed by atoms with E-state index in [2.05, 4.69) is 24.2 Å². The lowest BCUT2D eigenvalue weighted by Gasteiger charge is -2.15. The molecule has 2 rings (SSSR count). The van der Waals surface area contributed by atoms with Crippen molar-refractivity contribution in [2.24, 2.45) is 10.9 Å². The number of amidine groups is 1. The zero-order chi connectivity index (χ0) is 10.0. The average molecular weight is 212 g/mol. The maximum Gasteiger partial charge on any atom is 0.157 e. The Labute approximate surface area is 90.9 Å². The summed E-state index contributed by atoms with van der Waals surface area (Å²) in [5.41, 5.74) is 0.250. The lowest BCUT2D eigenvalue weighted by Crippen LogP contribution is -2.36. The highest BCUT2D eigenvalue weighted by atomic mass is 32.2. The Balaban J connectivity index is 1.65. The van der Waals surface area contributed by atoms with E-state index in [0.29, 0.717) is 0 Å². The third kappa shape index (κ3) is 3.19. The highest BCUT2D eigenvalue weighted by Gasteiger charge is 2.27. The van der Waals surface area contributed by atoms with Gasteiger partial charge in [0.1, 0.15) is 0 Å². The summed E-state index contributed by atoms with van der Waals surface area (Å²) < 4.78 is 0. The Bertz CT molecular complexity index is 231. The number of nitrogens with zero attached hydrogens (tertiary/aromatic N) is 1. The van der Waals surface area contributed by atoms with E-state index in [9.17, 15) is 0 Å². The normalized spacial score (nSPS) is 28.0. The summed E-state index contributed by atoms with van der Waals surface area (Å²) in [5, 5.41) is 4.61. The van der Waals surface area contributed by atoms with Crippen LogP contribution in [0.2, 0.25) is 0 Å². The van der Waals surface area contributed by atoms with Crippen molar-refractivity contribution in [1.82, 2.24) is 5.32 Å². The van der Waals surface area contributed by atoms with Gasteiger partial charge in [-0.3, -0.25) is 4.99 Å². The molecule has 1 aliphatic carbocycles. The van der Waals surface area contributed by atoms with Crippen molar-refractivity contribution in [2.75, 3.05) is 12.3 Å². The Morgan fingerprint density at radius 1 is 1.50 bits per heavy atom. The number of aliphatic imine (C=N–C) groups is 1. The van der Waals surface area contributed by atoms with Crippen LogP contribution in [0.25, 0.3) is 0 Å². The molecule has 3 heteroatoms. The lowest BCUT2D eigenvalue weighted by molar-refractivity contribution is 0.535. The fraction of sp³-hybridized carbons (Fsp3) is 0.909. The number of thioether (sulfide) groups is 1. The maximum absolute atomic E-state index is 4.59. The molecule has 0 aromatic carbocycles. The Kier molecular flexibility index (Phi) is 3.05. The van der Waals surface area contributed by atoms with Crippen LogP contribution in [0.3, 0.4) is 0 Å². The van der Waals surface area contributed by atoms with Crippen molar-refractivity contribution >= 4 is 16.9 Å². The summed E-state index contributed by atoms with van der Waals surface area (Å²) in [6.07, 6.45) is 5.61. The molecular formula is C11H20N2S. The highest BCUT2D eigenvalue weighted by molar-refractivity contribution is 8.14. The van der Waals surface area contributed by atoms with Crippen LogP contribution in [0.4, 0.5) is 0 Å². The van der Waals surface area contributed by atoms with Gasteiger partial charge >= 0.3 is 0 Å². The Morgan fingerprint density at radius 3 is 2.86 bits per heavy atom. The van der Waals surface area contributed by atoms with Gasteiger partial charge in [0.05, 0.1) is 0 Å². The van der Waals surface area contributed by atoms with Crippen LogP contribution in [0.1, 0.15) is 39.5 Å².